The van der Waals surface area contributed by atoms with Crippen LogP contribution < -0.4 is 0 Å². The summed E-state index contributed by atoms with van der Waals surface area (Å²) in [5.74, 6) is 0. The molecule has 6 nitrogen and oxygen atoms in total. The number of aliphatic hydroxyl groups is 4. The van der Waals surface area contributed by atoms with Gasteiger partial charge in [-0.05, 0) is 18.4 Å². The number of benzene rings is 1. The first-order chi connectivity index (χ1) is 10.1. The molecule has 0 bridgehead atoms. The van der Waals surface area contributed by atoms with Crippen LogP contribution in [0, 0.1) is 0 Å². The van der Waals surface area contributed by atoms with E-state index in [-0.39, 0.29) is 0 Å². The van der Waals surface area contributed by atoms with E-state index < -0.39 is 37.3 Å². The lowest BCUT2D eigenvalue weighted by Gasteiger charge is -2.39. The highest BCUT2D eigenvalue weighted by Gasteiger charge is 2.43. The Morgan fingerprint density at radius 2 is 1.71 bits per heavy atom. The van der Waals surface area contributed by atoms with Crippen molar-refractivity contribution in [2.45, 2.75) is 43.5 Å². The van der Waals surface area contributed by atoms with E-state index in [1.54, 1.807) is 0 Å². The van der Waals surface area contributed by atoms with Gasteiger partial charge in [-0.3, -0.25) is 0 Å². The molecule has 1 aliphatic rings. The number of aliphatic hydroxyl groups excluding tert-OH is 4. The standard InChI is InChI=1S/C15H22O6/c16-9-11-12(17)13(18)14(19)15(21-11)20-8-4-7-10-5-2-1-3-6-10/h1-3,5-6,11-19H,4,7-9H2/t11-,12-,13+,14-,15-/m1/s1. The van der Waals surface area contributed by atoms with Gasteiger partial charge in [-0.15, -0.1) is 0 Å². The Balaban J connectivity index is 1.77. The molecule has 1 aromatic carbocycles. The number of rotatable bonds is 6. The van der Waals surface area contributed by atoms with E-state index in [1.807, 2.05) is 30.3 Å². The molecule has 1 fully saturated rings. The lowest BCUT2D eigenvalue weighted by Crippen LogP contribution is -2.59. The molecule has 0 spiro atoms. The Hall–Kier alpha value is -1.02. The number of ether oxygens (including phenoxy) is 2. The zero-order chi connectivity index (χ0) is 15.2. The maximum absolute atomic E-state index is 9.80. The predicted octanol–water partition coefficient (Wildman–Crippen LogP) is -0.564. The van der Waals surface area contributed by atoms with Crippen molar-refractivity contribution in [3.8, 4) is 0 Å². The average molecular weight is 298 g/mol. The van der Waals surface area contributed by atoms with Crippen LogP contribution in [0.5, 0.6) is 0 Å². The van der Waals surface area contributed by atoms with Crippen molar-refractivity contribution >= 4 is 0 Å². The molecular weight excluding hydrogens is 276 g/mol. The third-order valence-electron chi connectivity index (χ3n) is 3.58. The Bertz CT molecular complexity index is 410. The molecule has 1 aliphatic heterocycles. The van der Waals surface area contributed by atoms with Crippen molar-refractivity contribution in [1.29, 1.82) is 0 Å². The topological polar surface area (TPSA) is 99.4 Å². The first-order valence-corrected chi connectivity index (χ1v) is 7.09. The summed E-state index contributed by atoms with van der Waals surface area (Å²) in [5.41, 5.74) is 1.19. The summed E-state index contributed by atoms with van der Waals surface area (Å²) in [6.45, 7) is -0.105. The van der Waals surface area contributed by atoms with Crippen LogP contribution in [0.25, 0.3) is 0 Å². The highest BCUT2D eigenvalue weighted by molar-refractivity contribution is 5.14. The van der Waals surface area contributed by atoms with Crippen LogP contribution in [0.2, 0.25) is 0 Å². The van der Waals surface area contributed by atoms with E-state index in [0.717, 1.165) is 12.8 Å². The summed E-state index contributed by atoms with van der Waals surface area (Å²) in [6, 6.07) is 9.93. The van der Waals surface area contributed by atoms with Gasteiger partial charge in [0.15, 0.2) is 6.29 Å². The molecule has 4 N–H and O–H groups in total. The second-order valence-electron chi connectivity index (χ2n) is 5.16. The van der Waals surface area contributed by atoms with Gasteiger partial charge in [0, 0.05) is 0 Å². The van der Waals surface area contributed by atoms with Crippen LogP contribution in [-0.4, -0.2) is 64.3 Å². The van der Waals surface area contributed by atoms with Crippen LogP contribution in [-0.2, 0) is 15.9 Å². The minimum Gasteiger partial charge on any atom is -0.394 e. The predicted molar refractivity (Wildman–Crippen MR) is 74.5 cm³/mol. The number of aryl methyl sites for hydroxylation is 1. The molecule has 0 amide bonds. The lowest BCUT2D eigenvalue weighted by molar-refractivity contribution is -0.301. The Morgan fingerprint density at radius 3 is 2.38 bits per heavy atom. The van der Waals surface area contributed by atoms with Gasteiger partial charge >= 0.3 is 0 Å². The van der Waals surface area contributed by atoms with Gasteiger partial charge in [0.1, 0.15) is 24.4 Å². The zero-order valence-electron chi connectivity index (χ0n) is 11.7. The van der Waals surface area contributed by atoms with Gasteiger partial charge in [0.25, 0.3) is 0 Å². The van der Waals surface area contributed by atoms with Crippen molar-refractivity contribution in [1.82, 2.24) is 0 Å². The Kier molecular flexibility index (Phi) is 6.10. The summed E-state index contributed by atoms with van der Waals surface area (Å²) < 4.78 is 10.7. The van der Waals surface area contributed by atoms with E-state index in [4.69, 9.17) is 14.6 Å². The van der Waals surface area contributed by atoms with E-state index >= 15 is 0 Å². The molecule has 0 aliphatic carbocycles. The Labute approximate surface area is 123 Å². The molecule has 118 valence electrons. The largest absolute Gasteiger partial charge is 0.394 e. The molecule has 1 saturated heterocycles. The van der Waals surface area contributed by atoms with Gasteiger partial charge < -0.3 is 29.9 Å². The van der Waals surface area contributed by atoms with Crippen molar-refractivity contribution in [2.24, 2.45) is 0 Å². The smallest absolute Gasteiger partial charge is 0.186 e. The monoisotopic (exact) mass is 298 g/mol. The van der Waals surface area contributed by atoms with E-state index in [0.29, 0.717) is 6.61 Å². The van der Waals surface area contributed by atoms with Crippen LogP contribution >= 0.6 is 0 Å². The van der Waals surface area contributed by atoms with Crippen LogP contribution in [0.3, 0.4) is 0 Å². The third kappa shape index (κ3) is 4.23. The zero-order valence-corrected chi connectivity index (χ0v) is 11.7. The third-order valence-corrected chi connectivity index (χ3v) is 3.58. The Morgan fingerprint density at radius 1 is 1.00 bits per heavy atom. The number of hydrogen-bond donors (Lipinski definition) is 4. The van der Waals surface area contributed by atoms with E-state index in [2.05, 4.69) is 0 Å². The quantitative estimate of drug-likeness (QED) is 0.525. The van der Waals surface area contributed by atoms with Crippen LogP contribution in [0.4, 0.5) is 0 Å². The molecule has 0 radical (unpaired) electrons. The fourth-order valence-corrected chi connectivity index (χ4v) is 2.33. The minimum atomic E-state index is -1.39. The highest BCUT2D eigenvalue weighted by atomic mass is 16.7. The van der Waals surface area contributed by atoms with Crippen molar-refractivity contribution in [2.75, 3.05) is 13.2 Å². The fraction of sp³-hybridized carbons (Fsp3) is 0.600. The molecule has 1 aromatic rings. The summed E-state index contributed by atoms with van der Waals surface area (Å²) in [7, 11) is 0. The first-order valence-electron chi connectivity index (χ1n) is 7.09. The van der Waals surface area contributed by atoms with Crippen molar-refractivity contribution < 1.29 is 29.9 Å². The molecule has 0 saturated carbocycles. The first kappa shape index (κ1) is 16.4. The lowest BCUT2D eigenvalue weighted by atomic mass is 9.99. The summed E-state index contributed by atoms with van der Waals surface area (Å²) in [6.07, 6.45) is -4.49. The van der Waals surface area contributed by atoms with Gasteiger partial charge in [-0.2, -0.15) is 0 Å². The molecular formula is C15H22O6. The van der Waals surface area contributed by atoms with Gasteiger partial charge in [-0.1, -0.05) is 30.3 Å². The molecule has 5 atom stereocenters. The second kappa shape index (κ2) is 7.84. The highest BCUT2D eigenvalue weighted by Crippen LogP contribution is 2.22. The normalized spacial score (nSPS) is 33.0. The van der Waals surface area contributed by atoms with E-state index in [1.165, 1.54) is 5.56 Å². The molecule has 1 heterocycles. The molecule has 0 unspecified atom stereocenters. The van der Waals surface area contributed by atoms with Gasteiger partial charge in [-0.25, -0.2) is 0 Å². The SMILES string of the molecule is OC[C@H]1O[C@@H](OCCCc2ccccc2)[C@H](O)[C@@H](O)[C@@H]1O. The van der Waals surface area contributed by atoms with Crippen LogP contribution in [0.1, 0.15) is 12.0 Å². The average Bonchev–Trinajstić information content (AvgIpc) is 2.52. The molecule has 6 heteroatoms. The van der Waals surface area contributed by atoms with Crippen molar-refractivity contribution in [3.05, 3.63) is 35.9 Å². The number of hydrogen-bond acceptors (Lipinski definition) is 6. The van der Waals surface area contributed by atoms with E-state index in [9.17, 15) is 15.3 Å². The summed E-state index contributed by atoms with van der Waals surface area (Å²) in [4.78, 5) is 0. The summed E-state index contributed by atoms with van der Waals surface area (Å²) >= 11 is 0. The maximum atomic E-state index is 9.80. The van der Waals surface area contributed by atoms with Crippen molar-refractivity contribution in [3.63, 3.8) is 0 Å². The second-order valence-corrected chi connectivity index (χ2v) is 5.16. The molecule has 21 heavy (non-hydrogen) atoms. The van der Waals surface area contributed by atoms with Gasteiger partial charge in [0.2, 0.25) is 0 Å². The molecule has 0 aromatic heterocycles. The summed E-state index contributed by atoms with van der Waals surface area (Å²) in [5, 5.41) is 38.1. The molecule has 2 rings (SSSR count). The van der Waals surface area contributed by atoms with Gasteiger partial charge in [0.05, 0.1) is 13.2 Å². The van der Waals surface area contributed by atoms with Crippen LogP contribution in [0.15, 0.2) is 30.3 Å². The maximum Gasteiger partial charge on any atom is 0.186 e. The fourth-order valence-electron chi connectivity index (χ4n) is 2.33. The minimum absolute atomic E-state index is 0.345.